The predicted molar refractivity (Wildman–Crippen MR) is 110 cm³/mol. The summed E-state index contributed by atoms with van der Waals surface area (Å²) < 4.78 is 22.1. The third-order valence-corrected chi connectivity index (χ3v) is 5.43. The van der Waals surface area contributed by atoms with Crippen LogP contribution < -0.4 is 0 Å². The van der Waals surface area contributed by atoms with Gasteiger partial charge in [0.1, 0.15) is 47.8 Å². The van der Waals surface area contributed by atoms with E-state index >= 15 is 0 Å². The summed E-state index contributed by atoms with van der Waals surface area (Å²) >= 11 is 0. The summed E-state index contributed by atoms with van der Waals surface area (Å²) in [5.74, 6) is 0. The Kier molecular flexibility index (Phi) is 7.12. The van der Waals surface area contributed by atoms with E-state index in [4.69, 9.17) is 18.9 Å². The standard InChI is InChI=1S/C20H34N2O12/c1-19(2,3)33-17(29)21-13-9(25)7(23)10(26)14(21)32-16-12(28)8(24)11(27)15(31-13)22(16)18(30)34-20(4,5)6/h7-16,23-28H,1-6H3/t7?,8?,9-,10+,11+,12-,13-,14+,15+,16-. The van der Waals surface area contributed by atoms with Crippen LogP contribution in [0.2, 0.25) is 0 Å². The molecule has 3 saturated heterocycles. The van der Waals surface area contributed by atoms with Gasteiger partial charge in [-0.1, -0.05) is 0 Å². The minimum atomic E-state index is -1.93. The minimum absolute atomic E-state index is 0.677. The predicted octanol–water partition coefficient (Wildman–Crippen LogP) is -2.00. The number of rotatable bonds is 0. The lowest BCUT2D eigenvalue weighted by Gasteiger charge is -2.56. The van der Waals surface area contributed by atoms with Gasteiger partial charge >= 0.3 is 12.2 Å². The van der Waals surface area contributed by atoms with E-state index in [0.29, 0.717) is 9.80 Å². The molecule has 0 saturated carbocycles. The number of aliphatic hydroxyl groups excluding tert-OH is 6. The minimum Gasteiger partial charge on any atom is -0.444 e. The molecule has 10 atom stereocenters. The summed E-state index contributed by atoms with van der Waals surface area (Å²) in [5, 5.41) is 63.3. The summed E-state index contributed by atoms with van der Waals surface area (Å²) in [5.41, 5.74) is -2.04. The zero-order valence-electron chi connectivity index (χ0n) is 19.8. The number of carbonyl (C=O) groups excluding carboxylic acids is 2. The van der Waals surface area contributed by atoms with Gasteiger partial charge in [-0.3, -0.25) is 9.80 Å². The topological polar surface area (TPSA) is 199 Å². The summed E-state index contributed by atoms with van der Waals surface area (Å²) in [6, 6.07) is 0. The van der Waals surface area contributed by atoms with Crippen LogP contribution in [-0.2, 0) is 18.9 Å². The monoisotopic (exact) mass is 494 g/mol. The molecule has 196 valence electrons. The molecule has 3 aliphatic rings. The Bertz CT molecular complexity index is 686. The second-order valence-corrected chi connectivity index (χ2v) is 10.6. The van der Waals surface area contributed by atoms with Crippen LogP contribution in [0.5, 0.6) is 0 Å². The highest BCUT2D eigenvalue weighted by molar-refractivity contribution is 5.70. The maximum absolute atomic E-state index is 13.0. The molecule has 2 unspecified atom stereocenters. The van der Waals surface area contributed by atoms with Gasteiger partial charge in [0.15, 0.2) is 24.9 Å². The molecule has 2 amide bonds. The number of hydrogen-bond acceptors (Lipinski definition) is 12. The highest BCUT2D eigenvalue weighted by atomic mass is 16.7. The first-order valence-electron chi connectivity index (χ1n) is 10.9. The molecule has 0 aliphatic carbocycles. The lowest BCUT2D eigenvalue weighted by Crippen LogP contribution is -2.78. The molecule has 0 aromatic heterocycles. The lowest BCUT2D eigenvalue weighted by molar-refractivity contribution is -0.377. The van der Waals surface area contributed by atoms with E-state index in [9.17, 15) is 40.2 Å². The van der Waals surface area contributed by atoms with E-state index in [-0.39, 0.29) is 0 Å². The average molecular weight is 494 g/mol. The van der Waals surface area contributed by atoms with Gasteiger partial charge in [0.2, 0.25) is 0 Å². The Morgan fingerprint density at radius 1 is 0.559 bits per heavy atom. The van der Waals surface area contributed by atoms with Crippen molar-refractivity contribution in [2.45, 2.75) is 114 Å². The molecule has 3 fully saturated rings. The lowest BCUT2D eigenvalue weighted by atomic mass is 9.94. The smallest absolute Gasteiger partial charge is 0.414 e. The first kappa shape index (κ1) is 26.8. The number of fused-ring (bicyclic) bond motifs is 4. The molecule has 14 heteroatoms. The molecule has 0 radical (unpaired) electrons. The Balaban J connectivity index is 2.10. The normalized spacial score (nSPS) is 40.8. The molecule has 0 aromatic rings. The third-order valence-electron chi connectivity index (χ3n) is 5.43. The van der Waals surface area contributed by atoms with Crippen molar-refractivity contribution < 1.29 is 59.2 Å². The van der Waals surface area contributed by atoms with Gasteiger partial charge in [-0.25, -0.2) is 9.59 Å². The summed E-state index contributed by atoms with van der Waals surface area (Å²) in [6.45, 7) is 9.40. The van der Waals surface area contributed by atoms with E-state index < -0.39 is 84.9 Å². The number of nitrogens with zero attached hydrogens (tertiary/aromatic N) is 2. The maximum Gasteiger partial charge on any atom is 0.414 e. The van der Waals surface area contributed by atoms with Crippen LogP contribution in [0, 0.1) is 0 Å². The largest absolute Gasteiger partial charge is 0.444 e. The second kappa shape index (κ2) is 9.02. The van der Waals surface area contributed by atoms with Crippen LogP contribution in [0.4, 0.5) is 9.59 Å². The molecule has 4 bridgehead atoms. The van der Waals surface area contributed by atoms with E-state index in [1.165, 1.54) is 0 Å². The van der Waals surface area contributed by atoms with Gasteiger partial charge < -0.3 is 49.6 Å². The van der Waals surface area contributed by atoms with Crippen LogP contribution in [0.3, 0.4) is 0 Å². The molecule has 0 aromatic carbocycles. The fourth-order valence-corrected chi connectivity index (χ4v) is 3.94. The summed E-state index contributed by atoms with van der Waals surface area (Å²) in [4.78, 5) is 27.4. The number of carbonyl (C=O) groups is 2. The highest BCUT2D eigenvalue weighted by Crippen LogP contribution is 2.38. The van der Waals surface area contributed by atoms with Crippen LogP contribution in [-0.4, -0.2) is 125 Å². The Morgan fingerprint density at radius 3 is 1.00 bits per heavy atom. The van der Waals surface area contributed by atoms with Crippen LogP contribution in [0.15, 0.2) is 0 Å². The van der Waals surface area contributed by atoms with Crippen LogP contribution in [0.25, 0.3) is 0 Å². The second-order valence-electron chi connectivity index (χ2n) is 10.6. The first-order valence-corrected chi connectivity index (χ1v) is 10.9. The quantitative estimate of drug-likeness (QED) is 0.217. The number of hydrogen-bond donors (Lipinski definition) is 6. The SMILES string of the molecule is CC(C)(C)OC(=O)N1[C@@H]2O[C@H]3[C@@H](O)C(O)[C@@H](O)[C@@H](O[C@H]1[C@@H](O)C(O)[C@H]2O)N3C(=O)OC(C)(C)C. The maximum atomic E-state index is 13.0. The van der Waals surface area contributed by atoms with Gasteiger partial charge in [-0.2, -0.15) is 0 Å². The number of amides is 2. The number of aliphatic hydroxyl groups is 6. The molecule has 6 N–H and O–H groups in total. The van der Waals surface area contributed by atoms with Crippen LogP contribution in [0.1, 0.15) is 41.5 Å². The van der Waals surface area contributed by atoms with E-state index in [0.717, 1.165) is 0 Å². The van der Waals surface area contributed by atoms with Gasteiger partial charge in [-0.05, 0) is 41.5 Å². The molecular formula is C20H34N2O12. The first-order chi connectivity index (χ1) is 15.4. The summed E-state index contributed by atoms with van der Waals surface area (Å²) in [6.07, 6.45) is -20.9. The fraction of sp³-hybridized carbons (Fsp3) is 0.900. The van der Waals surface area contributed by atoms with Crippen molar-refractivity contribution in [1.29, 1.82) is 0 Å². The van der Waals surface area contributed by atoms with Crippen molar-refractivity contribution >= 4 is 12.2 Å². The number of piperidine rings is 2. The molecule has 0 spiro atoms. The fourth-order valence-electron chi connectivity index (χ4n) is 3.94. The van der Waals surface area contributed by atoms with Crippen molar-refractivity contribution in [2.24, 2.45) is 0 Å². The molecule has 34 heavy (non-hydrogen) atoms. The van der Waals surface area contributed by atoms with Crippen molar-refractivity contribution in [3.05, 3.63) is 0 Å². The summed E-state index contributed by atoms with van der Waals surface area (Å²) in [7, 11) is 0. The van der Waals surface area contributed by atoms with E-state index in [1.807, 2.05) is 0 Å². The molecular weight excluding hydrogens is 460 g/mol. The number of ether oxygens (including phenoxy) is 4. The van der Waals surface area contributed by atoms with Gasteiger partial charge in [-0.15, -0.1) is 0 Å². The van der Waals surface area contributed by atoms with E-state index in [2.05, 4.69) is 0 Å². The van der Waals surface area contributed by atoms with Crippen molar-refractivity contribution in [2.75, 3.05) is 0 Å². The molecule has 3 heterocycles. The highest BCUT2D eigenvalue weighted by Gasteiger charge is 2.61. The molecule has 3 rings (SSSR count). The van der Waals surface area contributed by atoms with Crippen molar-refractivity contribution in [3.8, 4) is 0 Å². The van der Waals surface area contributed by atoms with Crippen molar-refractivity contribution in [3.63, 3.8) is 0 Å². The van der Waals surface area contributed by atoms with Gasteiger partial charge in [0.05, 0.1) is 0 Å². The van der Waals surface area contributed by atoms with E-state index in [1.54, 1.807) is 41.5 Å². The Labute approximate surface area is 196 Å². The average Bonchev–Trinajstić information content (AvgIpc) is 2.66. The van der Waals surface area contributed by atoms with Crippen LogP contribution >= 0.6 is 0 Å². The Hall–Kier alpha value is -1.78. The third kappa shape index (κ3) is 4.95. The zero-order valence-corrected chi connectivity index (χ0v) is 19.8. The molecule has 3 aliphatic heterocycles. The van der Waals surface area contributed by atoms with Crippen molar-refractivity contribution in [1.82, 2.24) is 9.80 Å². The van der Waals surface area contributed by atoms with Gasteiger partial charge in [0, 0.05) is 0 Å². The zero-order chi connectivity index (χ0) is 25.9. The van der Waals surface area contributed by atoms with Gasteiger partial charge in [0.25, 0.3) is 0 Å². The molecule has 14 nitrogen and oxygen atoms in total. The Morgan fingerprint density at radius 2 is 0.794 bits per heavy atom.